The average Bonchev–Trinajstić information content (AvgIpc) is 2.54. The lowest BCUT2D eigenvalue weighted by Crippen LogP contribution is -2.35. The number of benzene rings is 2. The largest absolute Gasteiger partial charge is 0.371 e. The van der Waals surface area contributed by atoms with Crippen molar-refractivity contribution >= 4 is 5.69 Å². The van der Waals surface area contributed by atoms with Crippen molar-refractivity contribution in [1.82, 2.24) is 0 Å². The van der Waals surface area contributed by atoms with E-state index in [2.05, 4.69) is 49.1 Å². The maximum absolute atomic E-state index is 2.65. The summed E-state index contributed by atoms with van der Waals surface area (Å²) < 4.78 is 0. The van der Waals surface area contributed by atoms with Gasteiger partial charge >= 0.3 is 0 Å². The van der Waals surface area contributed by atoms with Crippen molar-refractivity contribution in [1.29, 1.82) is 0 Å². The zero-order valence-electron chi connectivity index (χ0n) is 13.1. The Morgan fingerprint density at radius 2 is 1.38 bits per heavy atom. The van der Waals surface area contributed by atoms with Crippen LogP contribution in [0.5, 0.6) is 0 Å². The molecule has 1 nitrogen and oxygen atoms in total. The van der Waals surface area contributed by atoms with E-state index in [-0.39, 0.29) is 0 Å². The summed E-state index contributed by atoms with van der Waals surface area (Å²) >= 11 is 0. The van der Waals surface area contributed by atoms with Gasteiger partial charge in [-0.15, -0.1) is 0 Å². The number of rotatable bonds is 1. The van der Waals surface area contributed by atoms with Gasteiger partial charge in [0.1, 0.15) is 0 Å². The van der Waals surface area contributed by atoms with Crippen LogP contribution in [0.2, 0.25) is 0 Å². The maximum atomic E-state index is 2.65. The van der Waals surface area contributed by atoms with Crippen LogP contribution in [0.25, 0.3) is 11.1 Å². The van der Waals surface area contributed by atoms with Crippen LogP contribution in [-0.4, -0.2) is 13.1 Å². The average molecular weight is 277 g/mol. The Labute approximate surface area is 127 Å². The molecule has 21 heavy (non-hydrogen) atoms. The number of nitrogens with zero attached hydrogens (tertiary/aromatic N) is 1. The summed E-state index contributed by atoms with van der Waals surface area (Å²) in [6.07, 6.45) is 5.13. The SMILES string of the molecule is Cc1c2c3c(c(C)c1-c1ccccc1)CCCN3CCC2. The van der Waals surface area contributed by atoms with Gasteiger partial charge < -0.3 is 4.90 Å². The van der Waals surface area contributed by atoms with E-state index in [4.69, 9.17) is 0 Å². The molecule has 0 spiro atoms. The first-order valence-electron chi connectivity index (χ1n) is 8.22. The summed E-state index contributed by atoms with van der Waals surface area (Å²) in [5.41, 5.74) is 10.8. The minimum Gasteiger partial charge on any atom is -0.371 e. The molecular weight excluding hydrogens is 254 g/mol. The van der Waals surface area contributed by atoms with Gasteiger partial charge in [0.05, 0.1) is 0 Å². The Bertz CT molecular complexity index is 648. The summed E-state index contributed by atoms with van der Waals surface area (Å²) in [5, 5.41) is 0. The van der Waals surface area contributed by atoms with E-state index in [0.29, 0.717) is 0 Å². The minimum absolute atomic E-state index is 1.25. The zero-order valence-corrected chi connectivity index (χ0v) is 13.1. The van der Waals surface area contributed by atoms with Crippen LogP contribution in [0.3, 0.4) is 0 Å². The molecule has 1 heteroatoms. The van der Waals surface area contributed by atoms with Crippen LogP contribution in [-0.2, 0) is 12.8 Å². The highest BCUT2D eigenvalue weighted by molar-refractivity contribution is 5.81. The molecule has 2 aliphatic rings. The van der Waals surface area contributed by atoms with Gasteiger partial charge in [-0.3, -0.25) is 0 Å². The van der Waals surface area contributed by atoms with E-state index < -0.39 is 0 Å². The van der Waals surface area contributed by atoms with Gasteiger partial charge in [-0.05, 0) is 72.9 Å². The lowest BCUT2D eigenvalue weighted by molar-refractivity contribution is 0.630. The van der Waals surface area contributed by atoms with Crippen LogP contribution in [0.15, 0.2) is 30.3 Å². The third-order valence-electron chi connectivity index (χ3n) is 5.32. The molecule has 0 atom stereocenters. The molecule has 4 rings (SSSR count). The summed E-state index contributed by atoms with van der Waals surface area (Å²) in [7, 11) is 0. The monoisotopic (exact) mass is 277 g/mol. The highest BCUT2D eigenvalue weighted by Crippen LogP contribution is 2.44. The van der Waals surface area contributed by atoms with Crippen LogP contribution >= 0.6 is 0 Å². The van der Waals surface area contributed by atoms with Crippen LogP contribution in [0.1, 0.15) is 35.1 Å². The lowest BCUT2D eigenvalue weighted by atomic mass is 9.81. The van der Waals surface area contributed by atoms with Crippen molar-refractivity contribution in [3.05, 3.63) is 52.6 Å². The molecule has 0 N–H and O–H groups in total. The molecular formula is C20H23N. The fourth-order valence-electron chi connectivity index (χ4n) is 4.38. The van der Waals surface area contributed by atoms with Crippen LogP contribution in [0.4, 0.5) is 5.69 Å². The number of hydrogen-bond acceptors (Lipinski definition) is 1. The first kappa shape index (κ1) is 12.9. The Morgan fingerprint density at radius 3 is 1.95 bits per heavy atom. The van der Waals surface area contributed by atoms with Crippen LogP contribution < -0.4 is 4.90 Å². The molecule has 2 heterocycles. The predicted octanol–water partition coefficient (Wildman–Crippen LogP) is 4.67. The smallest absolute Gasteiger partial charge is 0.0437 e. The van der Waals surface area contributed by atoms with Gasteiger partial charge in [0, 0.05) is 18.8 Å². The maximum Gasteiger partial charge on any atom is 0.0437 e. The molecule has 0 fully saturated rings. The van der Waals surface area contributed by atoms with E-state index in [1.54, 1.807) is 16.8 Å². The van der Waals surface area contributed by atoms with Crippen molar-refractivity contribution in [2.45, 2.75) is 39.5 Å². The lowest BCUT2D eigenvalue weighted by Gasteiger charge is -2.39. The van der Waals surface area contributed by atoms with Crippen molar-refractivity contribution in [3.63, 3.8) is 0 Å². The standard InChI is InChI=1S/C20H23N/c1-14-17-10-6-12-21-13-7-11-18(20(17)21)15(2)19(14)16-8-4-3-5-9-16/h3-5,8-9H,6-7,10-13H2,1-2H3. The van der Waals surface area contributed by atoms with Crippen molar-refractivity contribution < 1.29 is 0 Å². The molecule has 0 aromatic heterocycles. The molecule has 0 bridgehead atoms. The van der Waals surface area contributed by atoms with Gasteiger partial charge in [-0.1, -0.05) is 30.3 Å². The first-order valence-corrected chi connectivity index (χ1v) is 8.22. The normalized spacial score (nSPS) is 16.8. The molecule has 0 radical (unpaired) electrons. The summed E-state index contributed by atoms with van der Waals surface area (Å²) in [5.74, 6) is 0. The van der Waals surface area contributed by atoms with Gasteiger partial charge in [-0.25, -0.2) is 0 Å². The molecule has 2 aliphatic heterocycles. The molecule has 0 amide bonds. The Balaban J connectivity index is 2.02. The molecule has 0 aliphatic carbocycles. The molecule has 0 saturated carbocycles. The zero-order chi connectivity index (χ0) is 14.4. The van der Waals surface area contributed by atoms with Gasteiger partial charge in [-0.2, -0.15) is 0 Å². The number of hydrogen-bond donors (Lipinski definition) is 0. The molecule has 2 aromatic carbocycles. The van der Waals surface area contributed by atoms with Gasteiger partial charge in [0.2, 0.25) is 0 Å². The first-order chi connectivity index (χ1) is 10.3. The van der Waals surface area contributed by atoms with Gasteiger partial charge in [0.15, 0.2) is 0 Å². The summed E-state index contributed by atoms with van der Waals surface area (Å²) in [6, 6.07) is 10.9. The highest BCUT2D eigenvalue weighted by atomic mass is 15.1. The number of anilines is 1. The quantitative estimate of drug-likeness (QED) is 0.732. The van der Waals surface area contributed by atoms with Crippen molar-refractivity contribution in [3.8, 4) is 11.1 Å². The Kier molecular flexibility index (Phi) is 3.02. The second kappa shape index (κ2) is 4.91. The van der Waals surface area contributed by atoms with Crippen LogP contribution in [0, 0.1) is 13.8 Å². The van der Waals surface area contributed by atoms with Crippen molar-refractivity contribution in [2.75, 3.05) is 18.0 Å². The van der Waals surface area contributed by atoms with E-state index in [9.17, 15) is 0 Å². The Hall–Kier alpha value is -1.76. The molecule has 0 saturated heterocycles. The van der Waals surface area contributed by atoms with E-state index in [0.717, 1.165) is 0 Å². The van der Waals surface area contributed by atoms with Crippen molar-refractivity contribution in [2.24, 2.45) is 0 Å². The molecule has 108 valence electrons. The minimum atomic E-state index is 1.25. The fourth-order valence-corrected chi connectivity index (χ4v) is 4.38. The topological polar surface area (TPSA) is 3.24 Å². The molecule has 0 unspecified atom stereocenters. The Morgan fingerprint density at radius 1 is 0.810 bits per heavy atom. The predicted molar refractivity (Wildman–Crippen MR) is 90.2 cm³/mol. The highest BCUT2D eigenvalue weighted by Gasteiger charge is 2.28. The van der Waals surface area contributed by atoms with E-state index in [1.807, 2.05) is 0 Å². The second-order valence-electron chi connectivity index (χ2n) is 6.49. The van der Waals surface area contributed by atoms with E-state index >= 15 is 0 Å². The second-order valence-corrected chi connectivity index (χ2v) is 6.49. The van der Waals surface area contributed by atoms with E-state index in [1.165, 1.54) is 61.0 Å². The third kappa shape index (κ3) is 1.91. The third-order valence-corrected chi connectivity index (χ3v) is 5.32. The fraction of sp³-hybridized carbons (Fsp3) is 0.400. The molecule has 2 aromatic rings. The summed E-state index contributed by atoms with van der Waals surface area (Å²) in [6.45, 7) is 7.18. The summed E-state index contributed by atoms with van der Waals surface area (Å²) in [4.78, 5) is 2.65. The van der Waals surface area contributed by atoms with Gasteiger partial charge in [0.25, 0.3) is 0 Å².